The third-order valence-electron chi connectivity index (χ3n) is 5.51. The minimum atomic E-state index is -0.147. The van der Waals surface area contributed by atoms with E-state index < -0.39 is 0 Å². The molecule has 4 aromatic rings. The Morgan fingerprint density at radius 3 is 2.87 bits per heavy atom. The van der Waals surface area contributed by atoms with E-state index in [0.29, 0.717) is 29.5 Å². The molecule has 31 heavy (non-hydrogen) atoms. The molecule has 0 aliphatic carbocycles. The first-order chi connectivity index (χ1) is 15.1. The lowest BCUT2D eigenvalue weighted by atomic mass is 10.00. The largest absolute Gasteiger partial charge is 0.470 e. The number of hydrogen-bond donors (Lipinski definition) is 0. The Labute approximate surface area is 183 Å². The third kappa shape index (κ3) is 3.76. The average molecular weight is 435 g/mol. The zero-order valence-corrected chi connectivity index (χ0v) is 18.1. The fourth-order valence-corrected chi connectivity index (χ4v) is 4.77. The van der Waals surface area contributed by atoms with Crippen LogP contribution >= 0.6 is 11.3 Å². The first-order valence-electron chi connectivity index (χ1n) is 10.2. The lowest BCUT2D eigenvalue weighted by Gasteiger charge is -2.37. The summed E-state index contributed by atoms with van der Waals surface area (Å²) in [6, 6.07) is 3.74. The van der Waals surface area contributed by atoms with Gasteiger partial charge in [-0.1, -0.05) is 0 Å². The number of aryl methyl sites for hydroxylation is 1. The molecule has 2 atom stereocenters. The quantitative estimate of drug-likeness (QED) is 0.488. The second-order valence-electron chi connectivity index (χ2n) is 7.71. The summed E-state index contributed by atoms with van der Waals surface area (Å²) in [4.78, 5) is 33.7. The van der Waals surface area contributed by atoms with E-state index in [9.17, 15) is 4.79 Å². The number of hydrogen-bond acceptors (Lipinski definition) is 7. The van der Waals surface area contributed by atoms with Crippen LogP contribution in [0.5, 0.6) is 5.88 Å². The van der Waals surface area contributed by atoms with E-state index >= 15 is 0 Å². The maximum absolute atomic E-state index is 13.5. The Balaban J connectivity index is 1.38. The highest BCUT2D eigenvalue weighted by atomic mass is 32.1. The summed E-state index contributed by atoms with van der Waals surface area (Å²) in [5.41, 5.74) is 2.23. The predicted molar refractivity (Wildman–Crippen MR) is 117 cm³/mol. The van der Waals surface area contributed by atoms with Gasteiger partial charge in [0.2, 0.25) is 5.65 Å². The van der Waals surface area contributed by atoms with E-state index in [4.69, 9.17) is 4.74 Å². The van der Waals surface area contributed by atoms with Gasteiger partial charge in [0.1, 0.15) is 6.10 Å². The van der Waals surface area contributed by atoms with Crippen molar-refractivity contribution >= 4 is 22.9 Å². The number of amides is 1. The van der Waals surface area contributed by atoms with Crippen LogP contribution in [0.2, 0.25) is 0 Å². The molecule has 1 fully saturated rings. The number of aromatic nitrogens is 5. The van der Waals surface area contributed by atoms with Crippen LogP contribution in [0.4, 0.5) is 0 Å². The summed E-state index contributed by atoms with van der Waals surface area (Å²) in [6.45, 7) is 4.51. The first kappa shape index (κ1) is 19.6. The molecule has 5 rings (SSSR count). The van der Waals surface area contributed by atoms with Crippen molar-refractivity contribution in [1.29, 1.82) is 0 Å². The second kappa shape index (κ2) is 8.07. The molecular formula is C22H22N6O2S. The average Bonchev–Trinajstić information content (AvgIpc) is 3.42. The molecule has 0 radical (unpaired) electrons. The van der Waals surface area contributed by atoms with E-state index in [-0.39, 0.29) is 18.1 Å². The van der Waals surface area contributed by atoms with Crippen molar-refractivity contribution in [1.82, 2.24) is 29.2 Å². The molecule has 0 unspecified atom stereocenters. The van der Waals surface area contributed by atoms with Crippen LogP contribution in [0.3, 0.4) is 0 Å². The number of nitrogens with zero attached hydrogens (tertiary/aromatic N) is 6. The van der Waals surface area contributed by atoms with Crippen LogP contribution in [-0.4, -0.2) is 53.8 Å². The predicted octanol–water partition coefficient (Wildman–Crippen LogP) is 3.63. The monoisotopic (exact) mass is 434 g/mol. The summed E-state index contributed by atoms with van der Waals surface area (Å²) in [5.74, 6) is 1.05. The molecule has 0 bridgehead atoms. The molecule has 0 spiro atoms. The van der Waals surface area contributed by atoms with Crippen molar-refractivity contribution in [2.45, 2.75) is 38.8 Å². The topological polar surface area (TPSA) is 85.5 Å². The molecule has 1 saturated heterocycles. The van der Waals surface area contributed by atoms with E-state index in [1.54, 1.807) is 24.7 Å². The summed E-state index contributed by atoms with van der Waals surface area (Å²) in [5, 5.41) is 1.91. The van der Waals surface area contributed by atoms with Gasteiger partial charge in [-0.3, -0.25) is 4.79 Å². The van der Waals surface area contributed by atoms with Crippen LogP contribution in [-0.2, 0) is 0 Å². The minimum absolute atomic E-state index is 0.0210. The smallest absolute Gasteiger partial charge is 0.258 e. The van der Waals surface area contributed by atoms with Crippen LogP contribution < -0.4 is 4.74 Å². The normalized spacial score (nSPS) is 19.0. The number of rotatable bonds is 4. The number of carbonyl (C=O) groups excluding carboxylic acids is 1. The third-order valence-corrected chi connectivity index (χ3v) is 6.42. The molecule has 0 aromatic carbocycles. The molecule has 1 aliphatic rings. The van der Waals surface area contributed by atoms with Crippen molar-refractivity contribution in [3.8, 4) is 16.6 Å². The van der Waals surface area contributed by atoms with Gasteiger partial charge in [-0.05, 0) is 44.2 Å². The van der Waals surface area contributed by atoms with Gasteiger partial charge in [0.05, 0.1) is 22.7 Å². The van der Waals surface area contributed by atoms with E-state index in [0.717, 1.165) is 23.4 Å². The van der Waals surface area contributed by atoms with Crippen LogP contribution in [0.25, 0.3) is 16.3 Å². The number of imidazole rings is 1. The second-order valence-corrected chi connectivity index (χ2v) is 8.62. The minimum Gasteiger partial charge on any atom is -0.470 e. The molecule has 0 N–H and O–H groups in total. The molecule has 9 heteroatoms. The van der Waals surface area contributed by atoms with Gasteiger partial charge >= 0.3 is 0 Å². The number of ether oxygens (including phenoxy) is 1. The maximum Gasteiger partial charge on any atom is 0.258 e. The Kier molecular flexibility index (Phi) is 5.11. The Hall–Kier alpha value is -3.33. The Morgan fingerprint density at radius 2 is 2.03 bits per heavy atom. The summed E-state index contributed by atoms with van der Waals surface area (Å²) in [6.07, 6.45) is 10.4. The van der Waals surface area contributed by atoms with E-state index in [1.165, 1.54) is 11.3 Å². The fourth-order valence-electron chi connectivity index (χ4n) is 3.93. The zero-order chi connectivity index (χ0) is 21.4. The van der Waals surface area contributed by atoms with Gasteiger partial charge < -0.3 is 14.0 Å². The molecule has 1 amide bonds. The summed E-state index contributed by atoms with van der Waals surface area (Å²) in [7, 11) is 0. The summed E-state index contributed by atoms with van der Waals surface area (Å²) >= 11 is 1.48. The first-order valence-corrected chi connectivity index (χ1v) is 11.1. The van der Waals surface area contributed by atoms with Crippen molar-refractivity contribution in [3.05, 3.63) is 59.8 Å². The standard InChI is InChI=1S/C22H22N6O2S/c1-14-12-27-10-9-25-21(20(27)26-14)30-16-5-4-15(2)28(13-16)22(29)17-6-11-31-18(17)19-23-7-3-8-24-19/h3,6-12,15-16H,4-5,13H2,1-2H3/t15-,16-/m1/s1. The molecule has 5 heterocycles. The number of carbonyl (C=O) groups is 1. The van der Waals surface area contributed by atoms with Crippen molar-refractivity contribution in [2.24, 2.45) is 0 Å². The van der Waals surface area contributed by atoms with Gasteiger partial charge in [0.15, 0.2) is 5.82 Å². The van der Waals surface area contributed by atoms with Crippen molar-refractivity contribution < 1.29 is 9.53 Å². The zero-order valence-electron chi connectivity index (χ0n) is 17.3. The van der Waals surface area contributed by atoms with Gasteiger partial charge in [0, 0.05) is 37.0 Å². The number of likely N-dealkylation sites (tertiary alicyclic amines) is 1. The molecule has 0 saturated carbocycles. The van der Waals surface area contributed by atoms with Crippen molar-refractivity contribution in [2.75, 3.05) is 6.54 Å². The molecule has 4 aromatic heterocycles. The lowest BCUT2D eigenvalue weighted by molar-refractivity contribution is 0.0376. The fraction of sp³-hybridized carbons (Fsp3) is 0.318. The lowest BCUT2D eigenvalue weighted by Crippen LogP contribution is -2.49. The van der Waals surface area contributed by atoms with Crippen LogP contribution in [0, 0.1) is 6.92 Å². The number of piperidine rings is 1. The van der Waals surface area contributed by atoms with Crippen LogP contribution in [0.1, 0.15) is 35.8 Å². The Morgan fingerprint density at radius 1 is 1.19 bits per heavy atom. The van der Waals surface area contributed by atoms with E-state index in [1.807, 2.05) is 40.1 Å². The van der Waals surface area contributed by atoms with Gasteiger partial charge in [0.25, 0.3) is 11.8 Å². The maximum atomic E-state index is 13.5. The van der Waals surface area contributed by atoms with Gasteiger partial charge in [-0.15, -0.1) is 11.3 Å². The van der Waals surface area contributed by atoms with Crippen LogP contribution in [0.15, 0.2) is 48.5 Å². The van der Waals surface area contributed by atoms with Gasteiger partial charge in [-0.25, -0.2) is 19.9 Å². The highest BCUT2D eigenvalue weighted by Crippen LogP contribution is 2.30. The van der Waals surface area contributed by atoms with Gasteiger partial charge in [-0.2, -0.15) is 0 Å². The Bertz CT molecular complexity index is 1220. The number of fused-ring (bicyclic) bond motifs is 1. The molecule has 158 valence electrons. The highest BCUT2D eigenvalue weighted by molar-refractivity contribution is 7.14. The molecule has 8 nitrogen and oxygen atoms in total. The molecule has 1 aliphatic heterocycles. The molecular weight excluding hydrogens is 412 g/mol. The SMILES string of the molecule is Cc1cn2ccnc(O[C@@H]3CC[C@@H](C)N(C(=O)c4ccsc4-c4ncccn4)C3)c2n1. The number of thiophene rings is 1. The van der Waals surface area contributed by atoms with Crippen molar-refractivity contribution in [3.63, 3.8) is 0 Å². The van der Waals surface area contributed by atoms with E-state index in [2.05, 4.69) is 26.9 Å². The summed E-state index contributed by atoms with van der Waals surface area (Å²) < 4.78 is 8.14. The highest BCUT2D eigenvalue weighted by Gasteiger charge is 2.33.